The monoisotopic (exact) mass is 433 g/mol. The first-order valence-corrected chi connectivity index (χ1v) is 10.8. The number of amides is 1. The Balaban J connectivity index is 1.39. The second-order valence-electron chi connectivity index (χ2n) is 8.26. The molecule has 4 rings (SSSR count). The van der Waals surface area contributed by atoms with E-state index in [0.717, 1.165) is 31.5 Å². The molecule has 0 unspecified atom stereocenters. The van der Waals surface area contributed by atoms with Gasteiger partial charge in [-0.3, -0.25) is 14.4 Å². The van der Waals surface area contributed by atoms with Gasteiger partial charge in [-0.2, -0.15) is 0 Å². The first-order valence-electron chi connectivity index (χ1n) is 10.8. The lowest BCUT2D eigenvalue weighted by molar-refractivity contribution is 0.102. The highest BCUT2D eigenvalue weighted by molar-refractivity contribution is 6.05. The van der Waals surface area contributed by atoms with Crippen molar-refractivity contribution in [2.45, 2.75) is 26.3 Å². The summed E-state index contributed by atoms with van der Waals surface area (Å²) in [6.07, 6.45) is 2.05. The average molecular weight is 434 g/mol. The number of piperidine rings is 1. The van der Waals surface area contributed by atoms with Crippen LogP contribution in [0.3, 0.4) is 0 Å². The van der Waals surface area contributed by atoms with Crippen LogP contribution in [0.15, 0.2) is 58.1 Å². The molecule has 1 saturated heterocycles. The second-order valence-corrected chi connectivity index (χ2v) is 8.26. The molecule has 1 aliphatic rings. The van der Waals surface area contributed by atoms with Crippen LogP contribution in [-0.2, 0) is 6.54 Å². The quantitative estimate of drug-likeness (QED) is 0.556. The number of carbonyl (C=O) groups is 1. The van der Waals surface area contributed by atoms with Gasteiger partial charge < -0.3 is 20.3 Å². The number of ether oxygens (including phenoxy) is 1. The van der Waals surface area contributed by atoms with Crippen LogP contribution in [0.2, 0.25) is 0 Å². The minimum atomic E-state index is -0.452. The zero-order valence-corrected chi connectivity index (χ0v) is 18.3. The second kappa shape index (κ2) is 9.26. The van der Waals surface area contributed by atoms with Crippen molar-refractivity contribution >= 4 is 23.0 Å². The minimum absolute atomic E-state index is 0.238. The molecule has 7 heteroatoms. The fourth-order valence-electron chi connectivity index (χ4n) is 3.98. The summed E-state index contributed by atoms with van der Waals surface area (Å²) < 4.78 is 5.26. The largest absolute Gasteiger partial charge is 0.495 e. The van der Waals surface area contributed by atoms with Crippen LogP contribution in [0, 0.1) is 5.92 Å². The molecule has 1 fully saturated rings. The summed E-state index contributed by atoms with van der Waals surface area (Å²) in [5, 5.41) is 5.98. The standard InChI is InChI=1S/C25H27N3O4/c1-16-11-13-28(14-12-16)22-21(23(29)24(22)30)26-15-17-7-9-18(10-8-17)25(31)27-19-5-3-4-6-20(19)32-2/h3-10,16,26H,11-15H2,1-2H3,(H,27,31). The van der Waals surface area contributed by atoms with E-state index in [-0.39, 0.29) is 5.91 Å². The number of carbonyl (C=O) groups excluding carboxylic acids is 1. The summed E-state index contributed by atoms with van der Waals surface area (Å²) in [6.45, 7) is 4.21. The molecule has 0 saturated carbocycles. The summed E-state index contributed by atoms with van der Waals surface area (Å²) >= 11 is 0. The molecular formula is C25H27N3O4. The van der Waals surface area contributed by atoms with Crippen LogP contribution >= 0.6 is 0 Å². The molecule has 0 aliphatic carbocycles. The van der Waals surface area contributed by atoms with E-state index >= 15 is 0 Å². The normalized spacial score (nSPS) is 14.4. The lowest BCUT2D eigenvalue weighted by Gasteiger charge is -2.33. The third-order valence-electron chi connectivity index (χ3n) is 6.03. The first-order chi connectivity index (χ1) is 15.5. The van der Waals surface area contributed by atoms with Crippen molar-refractivity contribution in [3.05, 3.63) is 80.1 Å². The smallest absolute Gasteiger partial charge is 0.255 e. The Morgan fingerprint density at radius 1 is 1.03 bits per heavy atom. The fourth-order valence-corrected chi connectivity index (χ4v) is 3.98. The number of methoxy groups -OCH3 is 1. The zero-order chi connectivity index (χ0) is 22.7. The van der Waals surface area contributed by atoms with Gasteiger partial charge in [0.05, 0.1) is 12.8 Å². The van der Waals surface area contributed by atoms with Crippen molar-refractivity contribution in [2.75, 3.05) is 35.7 Å². The number of para-hydroxylation sites is 2. The maximum atomic E-state index is 12.6. The van der Waals surface area contributed by atoms with Gasteiger partial charge in [-0.15, -0.1) is 0 Å². The fraction of sp³-hybridized carbons (Fsp3) is 0.320. The molecule has 2 N–H and O–H groups in total. The first kappa shape index (κ1) is 21.6. The van der Waals surface area contributed by atoms with Gasteiger partial charge in [-0.1, -0.05) is 31.2 Å². The number of nitrogens with zero attached hydrogens (tertiary/aromatic N) is 1. The molecule has 0 radical (unpaired) electrons. The van der Waals surface area contributed by atoms with Crippen LogP contribution in [0.1, 0.15) is 35.7 Å². The van der Waals surface area contributed by atoms with E-state index < -0.39 is 10.9 Å². The predicted octanol–water partition coefficient (Wildman–Crippen LogP) is 3.39. The Labute approximate surface area is 186 Å². The van der Waals surface area contributed by atoms with Crippen LogP contribution in [0.5, 0.6) is 5.75 Å². The molecule has 0 bridgehead atoms. The summed E-state index contributed by atoms with van der Waals surface area (Å²) in [5.41, 5.74) is 2.10. The van der Waals surface area contributed by atoms with Gasteiger partial charge in [-0.05, 0) is 48.6 Å². The molecule has 0 atom stereocenters. The van der Waals surface area contributed by atoms with E-state index in [9.17, 15) is 14.4 Å². The Morgan fingerprint density at radius 2 is 1.72 bits per heavy atom. The van der Waals surface area contributed by atoms with Gasteiger partial charge >= 0.3 is 0 Å². The van der Waals surface area contributed by atoms with Crippen molar-refractivity contribution in [1.29, 1.82) is 0 Å². The molecular weight excluding hydrogens is 406 g/mol. The number of nitrogens with one attached hydrogen (secondary N) is 2. The van der Waals surface area contributed by atoms with Gasteiger partial charge in [-0.25, -0.2) is 0 Å². The van der Waals surface area contributed by atoms with Gasteiger partial charge in [0.2, 0.25) is 0 Å². The molecule has 7 nitrogen and oxygen atoms in total. The highest BCUT2D eigenvalue weighted by Gasteiger charge is 2.28. The van der Waals surface area contributed by atoms with Crippen molar-refractivity contribution in [3.8, 4) is 5.75 Å². The van der Waals surface area contributed by atoms with Crippen LogP contribution < -0.4 is 31.1 Å². The number of hydrogen-bond acceptors (Lipinski definition) is 6. The summed E-state index contributed by atoms with van der Waals surface area (Å²) in [5.74, 6) is 1.000. The molecule has 0 spiro atoms. The van der Waals surface area contributed by atoms with E-state index in [0.29, 0.717) is 40.8 Å². The minimum Gasteiger partial charge on any atom is -0.495 e. The number of hydrogen-bond donors (Lipinski definition) is 2. The summed E-state index contributed by atoms with van der Waals surface area (Å²) in [6, 6.07) is 14.4. The SMILES string of the molecule is COc1ccccc1NC(=O)c1ccc(CNc2c(N3CCC(C)CC3)c(=O)c2=O)cc1. The van der Waals surface area contributed by atoms with Crippen LogP contribution in [0.25, 0.3) is 0 Å². The Bertz CT molecular complexity index is 1170. The Kier molecular flexibility index (Phi) is 6.25. The van der Waals surface area contributed by atoms with Crippen molar-refractivity contribution < 1.29 is 9.53 Å². The molecule has 1 amide bonds. The Morgan fingerprint density at radius 3 is 2.41 bits per heavy atom. The Hall–Kier alpha value is -3.61. The summed E-state index contributed by atoms with van der Waals surface area (Å²) in [7, 11) is 1.56. The maximum Gasteiger partial charge on any atom is 0.255 e. The zero-order valence-electron chi connectivity index (χ0n) is 18.3. The molecule has 166 valence electrons. The number of rotatable bonds is 7. The maximum absolute atomic E-state index is 12.6. The van der Waals surface area contributed by atoms with Crippen LogP contribution in [0.4, 0.5) is 17.1 Å². The molecule has 1 heterocycles. The van der Waals surface area contributed by atoms with Gasteiger partial charge in [0.1, 0.15) is 17.1 Å². The summed E-state index contributed by atoms with van der Waals surface area (Å²) in [4.78, 5) is 38.8. The molecule has 32 heavy (non-hydrogen) atoms. The van der Waals surface area contributed by atoms with E-state index in [1.165, 1.54) is 0 Å². The van der Waals surface area contributed by atoms with E-state index in [1.54, 1.807) is 31.4 Å². The predicted molar refractivity (Wildman–Crippen MR) is 127 cm³/mol. The molecule has 3 aromatic carbocycles. The van der Waals surface area contributed by atoms with E-state index in [4.69, 9.17) is 4.74 Å². The van der Waals surface area contributed by atoms with Gasteiger partial charge in [0.15, 0.2) is 0 Å². The highest BCUT2D eigenvalue weighted by Crippen LogP contribution is 2.27. The van der Waals surface area contributed by atoms with E-state index in [1.807, 2.05) is 29.2 Å². The third kappa shape index (κ3) is 4.37. The topological polar surface area (TPSA) is 87.7 Å². The van der Waals surface area contributed by atoms with Crippen LogP contribution in [-0.4, -0.2) is 26.1 Å². The highest BCUT2D eigenvalue weighted by atomic mass is 16.5. The third-order valence-corrected chi connectivity index (χ3v) is 6.03. The lowest BCUT2D eigenvalue weighted by atomic mass is 9.98. The van der Waals surface area contributed by atoms with Gasteiger partial charge in [0.25, 0.3) is 16.8 Å². The van der Waals surface area contributed by atoms with Gasteiger partial charge in [0, 0.05) is 25.2 Å². The number of anilines is 3. The van der Waals surface area contributed by atoms with E-state index in [2.05, 4.69) is 17.6 Å². The average Bonchev–Trinajstić information content (AvgIpc) is 2.82. The lowest BCUT2D eigenvalue weighted by Crippen LogP contribution is -2.45. The number of benzene rings is 2. The van der Waals surface area contributed by atoms with Crippen molar-refractivity contribution in [3.63, 3.8) is 0 Å². The van der Waals surface area contributed by atoms with Crippen molar-refractivity contribution in [1.82, 2.24) is 0 Å². The molecule has 1 aliphatic heterocycles. The molecule has 0 aromatic heterocycles. The van der Waals surface area contributed by atoms with Crippen molar-refractivity contribution in [2.24, 2.45) is 5.92 Å². The molecule has 3 aromatic rings.